The summed E-state index contributed by atoms with van der Waals surface area (Å²) in [6, 6.07) is 6.51. The molecule has 4 N–H and O–H groups in total. The Morgan fingerprint density at radius 1 is 1.15 bits per heavy atom. The molecule has 3 heterocycles. The summed E-state index contributed by atoms with van der Waals surface area (Å²) in [4.78, 5) is 26.0. The van der Waals surface area contributed by atoms with Crippen LogP contribution < -0.4 is 5.56 Å². The van der Waals surface area contributed by atoms with Gasteiger partial charge in [0.2, 0.25) is 5.75 Å². The molecule has 8 nitrogen and oxygen atoms in total. The number of fused-ring (bicyclic) bond motifs is 1. The number of nitrogens with zero attached hydrogens (tertiary/aromatic N) is 3. The van der Waals surface area contributed by atoms with Crippen LogP contribution in [0.15, 0.2) is 41.5 Å². The number of pyridine rings is 1. The molecule has 1 aliphatic rings. The van der Waals surface area contributed by atoms with E-state index < -0.39 is 5.75 Å². The molecular weight excluding hydrogens is 348 g/mol. The summed E-state index contributed by atoms with van der Waals surface area (Å²) in [7, 11) is 0. The molecule has 0 saturated carbocycles. The zero-order chi connectivity index (χ0) is 19.0. The highest BCUT2D eigenvalue weighted by Crippen LogP contribution is 2.37. The van der Waals surface area contributed by atoms with Gasteiger partial charge < -0.3 is 20.3 Å². The number of aromatic amines is 1. The summed E-state index contributed by atoms with van der Waals surface area (Å²) in [6.07, 6.45) is 3.91. The first-order valence-corrected chi connectivity index (χ1v) is 8.50. The molecule has 0 radical (unpaired) electrons. The zero-order valence-electron chi connectivity index (χ0n) is 14.4. The molecule has 1 aromatic carbocycles. The number of rotatable bonds is 3. The number of aromatic nitrogens is 3. The molecular formula is C19H18N4O4. The van der Waals surface area contributed by atoms with Crippen LogP contribution in [0, 0.1) is 0 Å². The Kier molecular flexibility index (Phi) is 4.25. The summed E-state index contributed by atoms with van der Waals surface area (Å²) in [5.41, 5.74) is 2.39. The fourth-order valence-corrected chi connectivity index (χ4v) is 3.23. The smallest absolute Gasteiger partial charge is 0.255 e. The molecule has 0 saturated heterocycles. The van der Waals surface area contributed by atoms with Gasteiger partial charge in [-0.2, -0.15) is 0 Å². The number of aromatic hydroxyl groups is 3. The molecule has 2 aromatic heterocycles. The molecule has 0 aliphatic carbocycles. The number of nitrogens with one attached hydrogen (secondary N) is 1. The molecule has 1 aliphatic heterocycles. The summed E-state index contributed by atoms with van der Waals surface area (Å²) in [6.45, 7) is 1.37. The highest BCUT2D eigenvalue weighted by molar-refractivity contribution is 5.54. The standard InChI is InChI=1S/C19H18N4O4/c24-15-4-3-12(16(25)17(15)26)9-23-7-5-14-13(10-23)19(27)22-18(21-14)11-2-1-6-20-8-11/h1-4,6,8,24-26H,5,7,9-10H2,(H,21,22,27). The maximum absolute atomic E-state index is 12.6. The largest absolute Gasteiger partial charge is 0.504 e. The van der Waals surface area contributed by atoms with Crippen LogP contribution in [0.5, 0.6) is 17.2 Å². The highest BCUT2D eigenvalue weighted by Gasteiger charge is 2.23. The average Bonchev–Trinajstić information content (AvgIpc) is 2.69. The Morgan fingerprint density at radius 2 is 2.00 bits per heavy atom. The van der Waals surface area contributed by atoms with Crippen molar-refractivity contribution in [2.45, 2.75) is 19.5 Å². The van der Waals surface area contributed by atoms with Gasteiger partial charge in [-0.3, -0.25) is 14.7 Å². The average molecular weight is 366 g/mol. The predicted octanol–water partition coefficient (Wildman–Crippen LogP) is 1.51. The van der Waals surface area contributed by atoms with Crippen LogP contribution in [0.25, 0.3) is 11.4 Å². The lowest BCUT2D eigenvalue weighted by Gasteiger charge is -2.28. The molecule has 8 heteroatoms. The fourth-order valence-electron chi connectivity index (χ4n) is 3.23. The lowest BCUT2D eigenvalue weighted by molar-refractivity contribution is 0.237. The van der Waals surface area contributed by atoms with Crippen molar-refractivity contribution >= 4 is 0 Å². The van der Waals surface area contributed by atoms with Gasteiger partial charge in [0, 0.05) is 49.6 Å². The molecule has 0 unspecified atom stereocenters. The van der Waals surface area contributed by atoms with E-state index in [0.717, 1.165) is 11.3 Å². The van der Waals surface area contributed by atoms with Crippen molar-refractivity contribution in [2.24, 2.45) is 0 Å². The Labute approximate surface area is 154 Å². The zero-order valence-corrected chi connectivity index (χ0v) is 14.4. The number of phenols is 3. The lowest BCUT2D eigenvalue weighted by atomic mass is 10.0. The second-order valence-corrected chi connectivity index (χ2v) is 6.48. The minimum atomic E-state index is -0.537. The first-order chi connectivity index (χ1) is 13.0. The van der Waals surface area contributed by atoms with Gasteiger partial charge in [-0.25, -0.2) is 4.98 Å². The van der Waals surface area contributed by atoms with Crippen molar-refractivity contribution < 1.29 is 15.3 Å². The van der Waals surface area contributed by atoms with Gasteiger partial charge in [0.1, 0.15) is 5.82 Å². The molecule has 0 amide bonds. The number of hydrogen-bond acceptors (Lipinski definition) is 7. The second-order valence-electron chi connectivity index (χ2n) is 6.48. The second kappa shape index (κ2) is 6.73. The van der Waals surface area contributed by atoms with Crippen molar-refractivity contribution in [3.05, 3.63) is 63.8 Å². The van der Waals surface area contributed by atoms with Crippen LogP contribution in [0.1, 0.15) is 16.8 Å². The Balaban J connectivity index is 1.59. The first-order valence-electron chi connectivity index (χ1n) is 8.50. The monoisotopic (exact) mass is 366 g/mol. The third-order valence-electron chi connectivity index (χ3n) is 4.69. The van der Waals surface area contributed by atoms with E-state index in [1.165, 1.54) is 6.07 Å². The van der Waals surface area contributed by atoms with Crippen molar-refractivity contribution in [2.75, 3.05) is 6.54 Å². The van der Waals surface area contributed by atoms with Gasteiger partial charge in [0.25, 0.3) is 5.56 Å². The van der Waals surface area contributed by atoms with E-state index in [0.29, 0.717) is 43.0 Å². The predicted molar refractivity (Wildman–Crippen MR) is 97.3 cm³/mol. The van der Waals surface area contributed by atoms with E-state index in [9.17, 15) is 20.1 Å². The fraction of sp³-hybridized carbons (Fsp3) is 0.211. The van der Waals surface area contributed by atoms with Crippen LogP contribution in [-0.4, -0.2) is 41.7 Å². The molecule has 0 spiro atoms. The number of hydrogen-bond donors (Lipinski definition) is 4. The Hall–Kier alpha value is -3.39. The molecule has 27 heavy (non-hydrogen) atoms. The number of phenolic OH excluding ortho intramolecular Hbond substituents is 3. The number of H-pyrrole nitrogens is 1. The summed E-state index contributed by atoms with van der Waals surface area (Å²) >= 11 is 0. The molecule has 0 fully saturated rings. The van der Waals surface area contributed by atoms with Crippen molar-refractivity contribution in [3.8, 4) is 28.6 Å². The highest BCUT2D eigenvalue weighted by atomic mass is 16.3. The lowest BCUT2D eigenvalue weighted by Crippen LogP contribution is -2.35. The van der Waals surface area contributed by atoms with Crippen LogP contribution >= 0.6 is 0 Å². The normalized spacial score (nSPS) is 14.1. The molecule has 3 aromatic rings. The maximum atomic E-state index is 12.6. The van der Waals surface area contributed by atoms with Crippen LogP contribution in [0.2, 0.25) is 0 Å². The van der Waals surface area contributed by atoms with Crippen molar-refractivity contribution in [1.29, 1.82) is 0 Å². The quantitative estimate of drug-likeness (QED) is 0.518. The minimum Gasteiger partial charge on any atom is -0.504 e. The maximum Gasteiger partial charge on any atom is 0.255 e. The summed E-state index contributed by atoms with van der Waals surface area (Å²) in [5, 5.41) is 29.1. The number of benzene rings is 1. The van der Waals surface area contributed by atoms with Gasteiger partial charge >= 0.3 is 0 Å². The van der Waals surface area contributed by atoms with Gasteiger partial charge in [0.15, 0.2) is 11.5 Å². The van der Waals surface area contributed by atoms with Crippen molar-refractivity contribution in [1.82, 2.24) is 19.9 Å². The van der Waals surface area contributed by atoms with Gasteiger partial charge in [-0.15, -0.1) is 0 Å². The van der Waals surface area contributed by atoms with Gasteiger partial charge in [0.05, 0.1) is 11.3 Å². The minimum absolute atomic E-state index is 0.193. The van der Waals surface area contributed by atoms with Crippen LogP contribution in [0.3, 0.4) is 0 Å². The van der Waals surface area contributed by atoms with Gasteiger partial charge in [-0.05, 0) is 18.2 Å². The SMILES string of the molecule is O=c1[nH]c(-c2cccnc2)nc2c1CN(Cc1ccc(O)c(O)c1O)CC2. The molecule has 0 bridgehead atoms. The van der Waals surface area contributed by atoms with Crippen LogP contribution in [0.4, 0.5) is 0 Å². The van der Waals surface area contributed by atoms with E-state index in [2.05, 4.69) is 15.0 Å². The van der Waals surface area contributed by atoms with E-state index in [1.54, 1.807) is 24.5 Å². The summed E-state index contributed by atoms with van der Waals surface area (Å²) in [5.74, 6) is -0.754. The third kappa shape index (κ3) is 3.22. The molecule has 138 valence electrons. The van der Waals surface area contributed by atoms with E-state index >= 15 is 0 Å². The molecule has 0 atom stereocenters. The first kappa shape index (κ1) is 17.0. The third-order valence-corrected chi connectivity index (χ3v) is 4.69. The Bertz CT molecular complexity index is 1050. The summed E-state index contributed by atoms with van der Waals surface area (Å²) < 4.78 is 0. The van der Waals surface area contributed by atoms with E-state index in [4.69, 9.17) is 0 Å². The van der Waals surface area contributed by atoms with Gasteiger partial charge in [-0.1, -0.05) is 6.07 Å². The van der Waals surface area contributed by atoms with E-state index in [1.807, 2.05) is 11.0 Å². The van der Waals surface area contributed by atoms with Crippen molar-refractivity contribution in [3.63, 3.8) is 0 Å². The van der Waals surface area contributed by atoms with E-state index in [-0.39, 0.29) is 17.1 Å². The molecule has 4 rings (SSSR count). The van der Waals surface area contributed by atoms with Crippen LogP contribution in [-0.2, 0) is 19.5 Å². The Morgan fingerprint density at radius 3 is 2.78 bits per heavy atom. The topological polar surface area (TPSA) is 123 Å².